The number of rotatable bonds is 9. The second kappa shape index (κ2) is 9.15. The molecule has 0 spiro atoms. The summed E-state index contributed by atoms with van der Waals surface area (Å²) in [6.45, 7) is 3.69. The molecule has 1 aromatic rings. The predicted octanol–water partition coefficient (Wildman–Crippen LogP) is 1.60. The maximum Gasteiger partial charge on any atom is 0.240 e. The first-order chi connectivity index (χ1) is 11.5. The number of benzene rings is 1. The second-order valence-corrected chi connectivity index (χ2v) is 7.75. The lowest BCUT2D eigenvalue weighted by Crippen LogP contribution is -2.31. The smallest absolute Gasteiger partial charge is 0.240 e. The number of ether oxygens (including phenoxy) is 1. The highest BCUT2D eigenvalue weighted by Crippen LogP contribution is 2.13. The highest BCUT2D eigenvalue weighted by molar-refractivity contribution is 7.89. The van der Waals surface area contributed by atoms with Crippen molar-refractivity contribution in [1.82, 2.24) is 10.0 Å². The van der Waals surface area contributed by atoms with Crippen LogP contribution in [0.3, 0.4) is 0 Å². The van der Waals surface area contributed by atoms with Crippen LogP contribution < -0.4 is 10.0 Å². The Morgan fingerprint density at radius 1 is 1.29 bits per heavy atom. The molecule has 1 aromatic carbocycles. The van der Waals surface area contributed by atoms with E-state index in [2.05, 4.69) is 10.0 Å². The van der Waals surface area contributed by atoms with Crippen LogP contribution in [0.4, 0.5) is 0 Å². The lowest BCUT2D eigenvalue weighted by molar-refractivity contribution is -0.121. The SMILES string of the molecule is CCCNS(=O)(=O)c1ccc(CCC(=O)NC[C@@H]2CCCO2)cc1. The number of carbonyl (C=O) groups is 1. The van der Waals surface area contributed by atoms with Crippen LogP contribution in [-0.4, -0.2) is 40.1 Å². The van der Waals surface area contributed by atoms with E-state index in [9.17, 15) is 13.2 Å². The highest BCUT2D eigenvalue weighted by atomic mass is 32.2. The van der Waals surface area contributed by atoms with Gasteiger partial charge in [0.25, 0.3) is 0 Å². The molecule has 7 heteroatoms. The third-order valence-electron chi connectivity index (χ3n) is 3.97. The summed E-state index contributed by atoms with van der Waals surface area (Å²) in [5.41, 5.74) is 0.941. The molecule has 1 aliphatic rings. The third kappa shape index (κ3) is 5.89. The van der Waals surface area contributed by atoms with Crippen molar-refractivity contribution in [2.45, 2.75) is 50.0 Å². The van der Waals surface area contributed by atoms with E-state index in [0.717, 1.165) is 31.4 Å². The van der Waals surface area contributed by atoms with Crippen LogP contribution in [0.5, 0.6) is 0 Å². The average molecular weight is 354 g/mol. The summed E-state index contributed by atoms with van der Waals surface area (Å²) in [5, 5.41) is 2.88. The molecule has 1 amide bonds. The van der Waals surface area contributed by atoms with Gasteiger partial charge in [-0.3, -0.25) is 4.79 Å². The van der Waals surface area contributed by atoms with Crippen LogP contribution in [-0.2, 0) is 26.0 Å². The maximum atomic E-state index is 12.0. The molecule has 2 rings (SSSR count). The van der Waals surface area contributed by atoms with Crippen LogP contribution in [0.1, 0.15) is 38.2 Å². The monoisotopic (exact) mass is 354 g/mol. The van der Waals surface area contributed by atoms with Crippen molar-refractivity contribution in [3.8, 4) is 0 Å². The molecule has 1 fully saturated rings. The highest BCUT2D eigenvalue weighted by Gasteiger charge is 2.16. The van der Waals surface area contributed by atoms with Gasteiger partial charge in [-0.2, -0.15) is 0 Å². The Balaban J connectivity index is 1.77. The van der Waals surface area contributed by atoms with Crippen molar-refractivity contribution in [2.75, 3.05) is 19.7 Å². The molecule has 0 unspecified atom stereocenters. The summed E-state index contributed by atoms with van der Waals surface area (Å²) in [7, 11) is -3.43. The molecule has 0 aromatic heterocycles. The van der Waals surface area contributed by atoms with Crippen molar-refractivity contribution in [1.29, 1.82) is 0 Å². The second-order valence-electron chi connectivity index (χ2n) is 5.98. The normalized spacial score (nSPS) is 17.8. The Kier molecular flexibility index (Phi) is 7.20. The molecule has 1 aliphatic heterocycles. The van der Waals surface area contributed by atoms with Crippen LogP contribution in [0, 0.1) is 0 Å². The first-order valence-electron chi connectivity index (χ1n) is 8.48. The fourth-order valence-corrected chi connectivity index (χ4v) is 3.67. The minimum absolute atomic E-state index is 0.00758. The van der Waals surface area contributed by atoms with Gasteiger partial charge < -0.3 is 10.1 Å². The molecule has 0 bridgehead atoms. The topological polar surface area (TPSA) is 84.5 Å². The van der Waals surface area contributed by atoms with Gasteiger partial charge in [-0.1, -0.05) is 19.1 Å². The number of aryl methyl sites for hydroxylation is 1. The van der Waals surface area contributed by atoms with Gasteiger partial charge in [-0.25, -0.2) is 13.1 Å². The third-order valence-corrected chi connectivity index (χ3v) is 5.44. The zero-order valence-corrected chi connectivity index (χ0v) is 14.9. The molecular formula is C17H26N2O4S. The van der Waals surface area contributed by atoms with E-state index in [1.807, 2.05) is 6.92 Å². The first-order valence-corrected chi connectivity index (χ1v) is 9.96. The zero-order valence-electron chi connectivity index (χ0n) is 14.1. The lowest BCUT2D eigenvalue weighted by Gasteiger charge is -2.11. The van der Waals surface area contributed by atoms with Crippen molar-refractivity contribution >= 4 is 15.9 Å². The Bertz CT molecular complexity index is 622. The van der Waals surface area contributed by atoms with Gasteiger partial charge in [0.15, 0.2) is 0 Å². The van der Waals surface area contributed by atoms with Crippen LogP contribution in [0.25, 0.3) is 0 Å². The number of carbonyl (C=O) groups excluding carboxylic acids is 1. The van der Waals surface area contributed by atoms with Gasteiger partial charge in [-0.15, -0.1) is 0 Å². The summed E-state index contributed by atoms with van der Waals surface area (Å²) in [5.74, 6) is -0.00758. The molecular weight excluding hydrogens is 328 g/mol. The standard InChI is InChI=1S/C17H26N2O4S/c1-2-11-19-24(21,22)16-8-5-14(6-9-16)7-10-17(20)18-13-15-4-3-12-23-15/h5-6,8-9,15,19H,2-4,7,10-13H2,1H3,(H,18,20)/t15-/m0/s1. The first kappa shape index (κ1) is 18.9. The van der Waals surface area contributed by atoms with Gasteiger partial charge in [0, 0.05) is 26.1 Å². The summed E-state index contributed by atoms with van der Waals surface area (Å²) in [4.78, 5) is 12.1. The Morgan fingerprint density at radius 2 is 2.04 bits per heavy atom. The molecule has 1 heterocycles. The van der Waals surface area contributed by atoms with Gasteiger partial charge in [-0.05, 0) is 43.4 Å². The minimum atomic E-state index is -3.43. The van der Waals surface area contributed by atoms with E-state index < -0.39 is 10.0 Å². The van der Waals surface area contributed by atoms with E-state index in [4.69, 9.17) is 4.74 Å². The molecule has 0 saturated carbocycles. The molecule has 0 radical (unpaired) electrons. The number of sulfonamides is 1. The van der Waals surface area contributed by atoms with E-state index in [-0.39, 0.29) is 16.9 Å². The summed E-state index contributed by atoms with van der Waals surface area (Å²) < 4.78 is 32.0. The number of hydrogen-bond donors (Lipinski definition) is 2. The molecule has 24 heavy (non-hydrogen) atoms. The molecule has 1 atom stereocenters. The number of nitrogens with one attached hydrogen (secondary N) is 2. The molecule has 0 aliphatic carbocycles. The van der Waals surface area contributed by atoms with Crippen LogP contribution in [0.15, 0.2) is 29.2 Å². The Labute approximate surface area is 144 Å². The van der Waals surface area contributed by atoms with E-state index >= 15 is 0 Å². The van der Waals surface area contributed by atoms with Crippen molar-refractivity contribution < 1.29 is 17.9 Å². The van der Waals surface area contributed by atoms with Crippen LogP contribution >= 0.6 is 0 Å². The minimum Gasteiger partial charge on any atom is -0.376 e. The van der Waals surface area contributed by atoms with Crippen LogP contribution in [0.2, 0.25) is 0 Å². The van der Waals surface area contributed by atoms with E-state index in [1.165, 1.54) is 0 Å². The molecule has 6 nitrogen and oxygen atoms in total. The Morgan fingerprint density at radius 3 is 2.67 bits per heavy atom. The fraction of sp³-hybridized carbons (Fsp3) is 0.588. The largest absolute Gasteiger partial charge is 0.376 e. The maximum absolute atomic E-state index is 12.0. The molecule has 134 valence electrons. The number of hydrogen-bond acceptors (Lipinski definition) is 4. The van der Waals surface area contributed by atoms with Gasteiger partial charge in [0.2, 0.25) is 15.9 Å². The quantitative estimate of drug-likeness (QED) is 0.705. The Hall–Kier alpha value is -1.44. The van der Waals surface area contributed by atoms with Crippen molar-refractivity contribution in [3.05, 3.63) is 29.8 Å². The predicted molar refractivity (Wildman–Crippen MR) is 92.2 cm³/mol. The fourth-order valence-electron chi connectivity index (χ4n) is 2.53. The van der Waals surface area contributed by atoms with E-state index in [0.29, 0.717) is 25.9 Å². The lowest BCUT2D eigenvalue weighted by atomic mass is 10.1. The van der Waals surface area contributed by atoms with Crippen molar-refractivity contribution in [2.24, 2.45) is 0 Å². The van der Waals surface area contributed by atoms with Crippen molar-refractivity contribution in [3.63, 3.8) is 0 Å². The van der Waals surface area contributed by atoms with Gasteiger partial charge in [0.05, 0.1) is 11.0 Å². The average Bonchev–Trinajstić information content (AvgIpc) is 3.10. The van der Waals surface area contributed by atoms with Gasteiger partial charge in [0.1, 0.15) is 0 Å². The zero-order chi connectivity index (χ0) is 17.4. The summed E-state index contributed by atoms with van der Waals surface area (Å²) >= 11 is 0. The molecule has 2 N–H and O–H groups in total. The van der Waals surface area contributed by atoms with E-state index in [1.54, 1.807) is 24.3 Å². The summed E-state index contributed by atoms with van der Waals surface area (Å²) in [6.07, 6.45) is 3.92. The summed E-state index contributed by atoms with van der Waals surface area (Å²) in [6, 6.07) is 6.68. The molecule has 1 saturated heterocycles. The van der Waals surface area contributed by atoms with Gasteiger partial charge >= 0.3 is 0 Å². The number of amides is 1.